The maximum absolute atomic E-state index is 11.1. The summed E-state index contributed by atoms with van der Waals surface area (Å²) in [7, 11) is 3.59. The number of anilines is 1. The maximum Gasteiger partial charge on any atom is 0.318 e. The van der Waals surface area contributed by atoms with Gasteiger partial charge in [-0.25, -0.2) is 4.79 Å². The van der Waals surface area contributed by atoms with Crippen molar-refractivity contribution < 1.29 is 4.79 Å². The van der Waals surface area contributed by atoms with Crippen LogP contribution in [0.15, 0.2) is 30.5 Å². The third-order valence-electron chi connectivity index (χ3n) is 2.37. The van der Waals surface area contributed by atoms with Crippen molar-refractivity contribution in [3.05, 3.63) is 30.5 Å². The SMILES string of the molecule is CNC(=O)Nc1ccc2c(ccn2C)c1. The van der Waals surface area contributed by atoms with Crippen LogP contribution in [-0.2, 0) is 7.05 Å². The summed E-state index contributed by atoms with van der Waals surface area (Å²) in [6.45, 7) is 0. The van der Waals surface area contributed by atoms with Crippen molar-refractivity contribution in [2.24, 2.45) is 7.05 Å². The first-order chi connectivity index (χ1) is 7.20. The minimum Gasteiger partial charge on any atom is -0.351 e. The average molecular weight is 203 g/mol. The van der Waals surface area contributed by atoms with Gasteiger partial charge in [0.15, 0.2) is 0 Å². The smallest absolute Gasteiger partial charge is 0.318 e. The van der Waals surface area contributed by atoms with E-state index < -0.39 is 0 Å². The molecule has 0 saturated carbocycles. The lowest BCUT2D eigenvalue weighted by Gasteiger charge is -2.04. The minimum absolute atomic E-state index is 0.203. The number of aromatic nitrogens is 1. The molecule has 0 atom stereocenters. The summed E-state index contributed by atoms with van der Waals surface area (Å²) in [5.41, 5.74) is 1.95. The Morgan fingerprint density at radius 3 is 2.87 bits per heavy atom. The molecule has 0 aliphatic heterocycles. The number of hydrogen-bond donors (Lipinski definition) is 2. The van der Waals surface area contributed by atoms with E-state index in [1.807, 2.05) is 42.1 Å². The number of nitrogens with one attached hydrogen (secondary N) is 2. The number of hydrogen-bond acceptors (Lipinski definition) is 1. The molecule has 1 aromatic heterocycles. The summed E-state index contributed by atoms with van der Waals surface area (Å²) in [6.07, 6.45) is 1.99. The summed E-state index contributed by atoms with van der Waals surface area (Å²) in [4.78, 5) is 11.1. The molecular formula is C11H13N3O. The predicted molar refractivity (Wildman–Crippen MR) is 61.0 cm³/mol. The van der Waals surface area contributed by atoms with Gasteiger partial charge in [0.05, 0.1) is 0 Å². The fraction of sp³-hybridized carbons (Fsp3) is 0.182. The molecule has 0 fully saturated rings. The Labute approximate surface area is 87.9 Å². The van der Waals surface area contributed by atoms with Crippen LogP contribution in [0, 0.1) is 0 Å². The van der Waals surface area contributed by atoms with Crippen molar-refractivity contribution in [3.8, 4) is 0 Å². The van der Waals surface area contributed by atoms with Crippen molar-refractivity contribution in [3.63, 3.8) is 0 Å². The number of nitrogens with zero attached hydrogens (tertiary/aromatic N) is 1. The lowest BCUT2D eigenvalue weighted by Crippen LogP contribution is -2.24. The largest absolute Gasteiger partial charge is 0.351 e. The fourth-order valence-corrected chi connectivity index (χ4v) is 1.55. The highest BCUT2D eigenvalue weighted by atomic mass is 16.2. The second kappa shape index (κ2) is 3.65. The summed E-state index contributed by atoms with van der Waals surface area (Å²) >= 11 is 0. The van der Waals surface area contributed by atoms with Gasteiger partial charge in [-0.05, 0) is 24.3 Å². The van der Waals surface area contributed by atoms with Crippen molar-refractivity contribution in [1.29, 1.82) is 0 Å². The summed E-state index contributed by atoms with van der Waals surface area (Å²) < 4.78 is 2.04. The van der Waals surface area contributed by atoms with Gasteiger partial charge in [-0.3, -0.25) is 0 Å². The number of aryl methyl sites for hydroxylation is 1. The van der Waals surface area contributed by atoms with Crippen LogP contribution < -0.4 is 10.6 Å². The van der Waals surface area contributed by atoms with Gasteiger partial charge in [-0.15, -0.1) is 0 Å². The number of carbonyl (C=O) groups excluding carboxylic acids is 1. The second-order valence-electron chi connectivity index (χ2n) is 3.40. The van der Waals surface area contributed by atoms with E-state index in [1.165, 1.54) is 0 Å². The number of rotatable bonds is 1. The zero-order chi connectivity index (χ0) is 10.8. The van der Waals surface area contributed by atoms with Crippen LogP contribution in [0.3, 0.4) is 0 Å². The first kappa shape index (κ1) is 9.58. The van der Waals surface area contributed by atoms with Gasteiger partial charge >= 0.3 is 6.03 Å². The molecule has 0 saturated heterocycles. The van der Waals surface area contributed by atoms with Gasteiger partial charge in [0, 0.05) is 36.9 Å². The Balaban J connectivity index is 2.35. The van der Waals surface area contributed by atoms with Crippen LogP contribution in [-0.4, -0.2) is 17.6 Å². The van der Waals surface area contributed by atoms with E-state index >= 15 is 0 Å². The van der Waals surface area contributed by atoms with Crippen LogP contribution >= 0.6 is 0 Å². The quantitative estimate of drug-likeness (QED) is 0.730. The van der Waals surface area contributed by atoms with E-state index in [2.05, 4.69) is 10.6 Å². The molecule has 1 aromatic carbocycles. The molecule has 0 aliphatic carbocycles. The first-order valence-corrected chi connectivity index (χ1v) is 4.74. The second-order valence-corrected chi connectivity index (χ2v) is 3.40. The Morgan fingerprint density at radius 1 is 1.33 bits per heavy atom. The van der Waals surface area contributed by atoms with Crippen LogP contribution in [0.4, 0.5) is 10.5 Å². The fourth-order valence-electron chi connectivity index (χ4n) is 1.55. The maximum atomic E-state index is 11.1. The minimum atomic E-state index is -0.203. The van der Waals surface area contributed by atoms with Gasteiger partial charge in [0.1, 0.15) is 0 Å². The third kappa shape index (κ3) is 1.79. The number of benzene rings is 1. The molecule has 1 heterocycles. The molecule has 4 nitrogen and oxygen atoms in total. The number of carbonyl (C=O) groups is 1. The highest BCUT2D eigenvalue weighted by Crippen LogP contribution is 2.19. The van der Waals surface area contributed by atoms with Gasteiger partial charge in [-0.1, -0.05) is 0 Å². The highest BCUT2D eigenvalue weighted by Gasteiger charge is 2.01. The van der Waals surface area contributed by atoms with Crippen molar-refractivity contribution in [2.45, 2.75) is 0 Å². The van der Waals surface area contributed by atoms with Crippen molar-refractivity contribution in [1.82, 2.24) is 9.88 Å². The zero-order valence-corrected chi connectivity index (χ0v) is 8.74. The van der Waals surface area contributed by atoms with Crippen LogP contribution in [0.1, 0.15) is 0 Å². The molecule has 2 N–H and O–H groups in total. The van der Waals surface area contributed by atoms with Crippen LogP contribution in [0.2, 0.25) is 0 Å². The Kier molecular flexibility index (Phi) is 2.33. The first-order valence-electron chi connectivity index (χ1n) is 4.74. The zero-order valence-electron chi connectivity index (χ0n) is 8.74. The van der Waals surface area contributed by atoms with Crippen LogP contribution in [0.5, 0.6) is 0 Å². The monoisotopic (exact) mass is 203 g/mol. The lowest BCUT2D eigenvalue weighted by atomic mass is 10.2. The standard InChI is InChI=1S/C11H13N3O/c1-12-11(15)13-9-3-4-10-8(7-9)5-6-14(10)2/h3-7H,1-2H3,(H2,12,13,15). The Hall–Kier alpha value is -1.97. The molecule has 0 bridgehead atoms. The highest BCUT2D eigenvalue weighted by molar-refractivity contribution is 5.92. The lowest BCUT2D eigenvalue weighted by molar-refractivity contribution is 0.254. The summed E-state index contributed by atoms with van der Waals surface area (Å²) in [6, 6.07) is 7.64. The normalized spacial score (nSPS) is 10.3. The van der Waals surface area contributed by atoms with Crippen LogP contribution in [0.25, 0.3) is 10.9 Å². The van der Waals surface area contributed by atoms with E-state index in [4.69, 9.17) is 0 Å². The van der Waals surface area contributed by atoms with Gasteiger partial charge < -0.3 is 15.2 Å². The number of fused-ring (bicyclic) bond motifs is 1. The topological polar surface area (TPSA) is 46.1 Å². The molecule has 4 heteroatoms. The Morgan fingerprint density at radius 2 is 2.13 bits per heavy atom. The molecule has 2 rings (SSSR count). The number of urea groups is 1. The molecule has 0 unspecified atom stereocenters. The van der Waals surface area contributed by atoms with Gasteiger partial charge in [0.2, 0.25) is 0 Å². The van der Waals surface area contributed by atoms with Gasteiger partial charge in [0.25, 0.3) is 0 Å². The molecule has 15 heavy (non-hydrogen) atoms. The Bertz CT molecular complexity index is 502. The average Bonchev–Trinajstić information content (AvgIpc) is 2.60. The summed E-state index contributed by atoms with van der Waals surface area (Å²) in [5, 5.41) is 6.36. The molecule has 2 aromatic rings. The summed E-state index contributed by atoms with van der Waals surface area (Å²) in [5.74, 6) is 0. The molecule has 0 radical (unpaired) electrons. The van der Waals surface area contributed by atoms with Crippen molar-refractivity contribution in [2.75, 3.05) is 12.4 Å². The van der Waals surface area contributed by atoms with Crippen molar-refractivity contribution >= 4 is 22.6 Å². The molecular weight excluding hydrogens is 190 g/mol. The van der Waals surface area contributed by atoms with E-state index in [9.17, 15) is 4.79 Å². The predicted octanol–water partition coefficient (Wildman–Crippen LogP) is 1.93. The molecule has 0 spiro atoms. The molecule has 78 valence electrons. The molecule has 2 amide bonds. The van der Waals surface area contributed by atoms with E-state index in [-0.39, 0.29) is 6.03 Å². The van der Waals surface area contributed by atoms with Gasteiger partial charge in [-0.2, -0.15) is 0 Å². The van der Waals surface area contributed by atoms with E-state index in [1.54, 1.807) is 7.05 Å². The van der Waals surface area contributed by atoms with E-state index in [0.717, 1.165) is 16.6 Å². The number of amides is 2. The molecule has 0 aliphatic rings. The third-order valence-corrected chi connectivity index (χ3v) is 2.37. The van der Waals surface area contributed by atoms with E-state index in [0.29, 0.717) is 0 Å².